The van der Waals surface area contributed by atoms with Gasteiger partial charge in [-0.05, 0) is 78.7 Å². The number of aliphatic hydroxyl groups is 3. The van der Waals surface area contributed by atoms with Crippen molar-refractivity contribution in [3.8, 4) is 0 Å². The Morgan fingerprint density at radius 1 is 0.722 bits per heavy atom. The lowest BCUT2D eigenvalue weighted by Crippen LogP contribution is -2.62. The number of hydrogen-bond acceptors (Lipinski definition) is 15. The molecule has 0 bridgehead atoms. The monoisotopic (exact) mass is 1050 g/mol. The van der Waals surface area contributed by atoms with Crippen molar-refractivity contribution in [3.63, 3.8) is 0 Å². The average molecular weight is 1050 g/mol. The van der Waals surface area contributed by atoms with Gasteiger partial charge in [0.15, 0.2) is 0 Å². The van der Waals surface area contributed by atoms with Gasteiger partial charge >= 0.3 is 0 Å². The molecule has 15 N–H and O–H groups in total. The molecule has 0 unspecified atom stereocenters. The fraction of sp³-hybridized carbons (Fsp3) is 0.449. The number of benzene rings is 3. The van der Waals surface area contributed by atoms with Crippen LogP contribution in [-0.2, 0) is 52.8 Å². The molecule has 2 heterocycles. The van der Waals surface area contributed by atoms with Gasteiger partial charge in [0.1, 0.15) is 36.3 Å². The van der Waals surface area contributed by atoms with Crippen molar-refractivity contribution in [1.82, 2.24) is 42.2 Å². The molecular weight excluding hydrogens is 985 g/mol. The molecule has 1 fully saturated rings. The van der Waals surface area contributed by atoms with E-state index in [-0.39, 0.29) is 43.7 Å². The van der Waals surface area contributed by atoms with Gasteiger partial charge in [0.2, 0.25) is 41.4 Å². The normalized spacial score (nSPS) is 22.8. The number of fused-ring (bicyclic) bond motifs is 1. The van der Waals surface area contributed by atoms with Gasteiger partial charge in [-0.1, -0.05) is 100 Å². The molecule has 1 aliphatic heterocycles. The molecule has 0 saturated carbocycles. The highest BCUT2D eigenvalue weighted by molar-refractivity contribution is 9.09. The van der Waals surface area contributed by atoms with E-state index in [1.54, 1.807) is 36.5 Å². The van der Waals surface area contributed by atoms with Crippen LogP contribution in [0.4, 0.5) is 0 Å². The van der Waals surface area contributed by atoms with Crippen molar-refractivity contribution in [2.24, 2.45) is 11.5 Å². The molecule has 20 nitrogen and oxygen atoms in total. The molecule has 3 aromatic carbocycles. The summed E-state index contributed by atoms with van der Waals surface area (Å²) in [5.74, 6) is -5.78. The van der Waals surface area contributed by atoms with Crippen molar-refractivity contribution in [1.29, 1.82) is 0 Å². The highest BCUT2D eigenvalue weighted by Gasteiger charge is 2.36. The molecule has 23 heteroatoms. The highest BCUT2D eigenvalue weighted by Crippen LogP contribution is 2.35. The summed E-state index contributed by atoms with van der Waals surface area (Å²) in [6.07, 6.45) is -0.112. The summed E-state index contributed by atoms with van der Waals surface area (Å²) >= 11 is 0. The van der Waals surface area contributed by atoms with Gasteiger partial charge < -0.3 is 69.0 Å². The molecule has 4 aromatic rings. The second kappa shape index (κ2) is 29.1. The standard InChI is InChI=1S/C49H66N10O10S3/c1-28(61)39(25-60)56-48(68)41-27-71-72-70-26-40(57-43(63)34(51)21-30-13-5-3-6-14-30)47(67)54-37(22-31-15-7-4-8-16-31)45(65)55-38(23-32-24-52-35-18-10-9-17-33(32)35)46(66)53-36(19-11-12-20-50)44(64)59-42(29(2)62)49(69)58-41/h3-10,13-18,24,28-29,34,36-42,52,60-62H,11-12,19-23,25-27,50-51H2,1-2H3,(H,53,66)(H,54,67)(H,55,65)(H,56,68)(H,57,63)(H,58,69)(H,59,64)/t28-,29-,34-,36+,37+,38-,39-,40+,41+,42+/m1/s1. The number of aliphatic hydroxyl groups excluding tert-OH is 3. The molecule has 72 heavy (non-hydrogen) atoms. The number of carbonyl (C=O) groups is 7. The smallest absolute Gasteiger partial charge is 0.245 e. The molecule has 10 atom stereocenters. The number of aromatic nitrogens is 1. The number of unbranched alkanes of at least 4 members (excludes halogenated alkanes) is 1. The summed E-state index contributed by atoms with van der Waals surface area (Å²) < 4.78 is 0. The Morgan fingerprint density at radius 2 is 1.32 bits per heavy atom. The molecule has 7 amide bonds. The maximum absolute atomic E-state index is 14.7. The number of nitrogens with one attached hydrogen (secondary N) is 8. The molecule has 5 rings (SSSR count). The lowest BCUT2D eigenvalue weighted by Gasteiger charge is -2.28. The molecule has 0 radical (unpaired) electrons. The van der Waals surface area contributed by atoms with Crippen LogP contribution in [0.2, 0.25) is 0 Å². The number of carbonyl (C=O) groups excluding carboxylic acids is 7. The Hall–Kier alpha value is -5.66. The molecule has 1 aromatic heterocycles. The van der Waals surface area contributed by atoms with E-state index in [0.717, 1.165) is 47.9 Å². The zero-order valence-electron chi connectivity index (χ0n) is 40.1. The summed E-state index contributed by atoms with van der Waals surface area (Å²) in [7, 11) is 3.31. The van der Waals surface area contributed by atoms with Crippen LogP contribution in [0, 0.1) is 0 Å². The predicted molar refractivity (Wildman–Crippen MR) is 280 cm³/mol. The van der Waals surface area contributed by atoms with E-state index < -0.39 is 108 Å². The summed E-state index contributed by atoms with van der Waals surface area (Å²) in [6, 6.07) is 14.8. The van der Waals surface area contributed by atoms with Crippen molar-refractivity contribution in [3.05, 3.63) is 108 Å². The van der Waals surface area contributed by atoms with Gasteiger partial charge in [-0.25, -0.2) is 0 Å². The molecular formula is C49H66N10O10S3. The quantitative estimate of drug-likeness (QED) is 0.0483. The zero-order chi connectivity index (χ0) is 52.2. The van der Waals surface area contributed by atoms with Crippen LogP contribution in [0.3, 0.4) is 0 Å². The summed E-state index contributed by atoms with van der Waals surface area (Å²) in [6.45, 7) is 2.26. The number of nitrogens with two attached hydrogens (primary N) is 2. The number of H-pyrrole nitrogens is 1. The van der Waals surface area contributed by atoms with Crippen LogP contribution in [0.1, 0.15) is 49.8 Å². The zero-order valence-corrected chi connectivity index (χ0v) is 42.5. The van der Waals surface area contributed by atoms with Crippen LogP contribution in [0.15, 0.2) is 91.1 Å². The molecule has 1 aliphatic rings. The fourth-order valence-corrected chi connectivity index (χ4v) is 11.6. The Morgan fingerprint density at radius 3 is 1.97 bits per heavy atom. The second-order valence-corrected chi connectivity index (χ2v) is 21.9. The third kappa shape index (κ3) is 17.5. The Balaban J connectivity index is 1.55. The Bertz CT molecular complexity index is 2420. The van der Waals surface area contributed by atoms with Gasteiger partial charge in [0.25, 0.3) is 0 Å². The van der Waals surface area contributed by atoms with E-state index in [1.807, 2.05) is 54.6 Å². The van der Waals surface area contributed by atoms with Gasteiger partial charge in [-0.15, -0.1) is 0 Å². The third-order valence-corrected chi connectivity index (χ3v) is 16.1. The van der Waals surface area contributed by atoms with E-state index in [0.29, 0.717) is 24.0 Å². The first-order valence-corrected chi connectivity index (χ1v) is 27.5. The van der Waals surface area contributed by atoms with E-state index in [4.69, 9.17) is 11.5 Å². The maximum atomic E-state index is 14.7. The van der Waals surface area contributed by atoms with E-state index in [2.05, 4.69) is 42.2 Å². The fourth-order valence-electron chi connectivity index (χ4n) is 7.72. The summed E-state index contributed by atoms with van der Waals surface area (Å²) in [4.78, 5) is 103. The number of hydrogen-bond donors (Lipinski definition) is 13. The first-order valence-electron chi connectivity index (χ1n) is 23.7. The molecule has 0 spiro atoms. The first kappa shape index (κ1) is 57.2. The second-order valence-electron chi connectivity index (χ2n) is 17.5. The van der Waals surface area contributed by atoms with Gasteiger partial charge in [0.05, 0.1) is 30.9 Å². The van der Waals surface area contributed by atoms with Gasteiger partial charge in [-0.3, -0.25) is 33.6 Å². The molecule has 0 aliphatic carbocycles. The molecule has 390 valence electrons. The van der Waals surface area contributed by atoms with E-state index in [1.165, 1.54) is 13.8 Å². The number of aromatic amines is 1. The lowest BCUT2D eigenvalue weighted by molar-refractivity contribution is -0.136. The molecule has 1 saturated heterocycles. The van der Waals surface area contributed by atoms with Gasteiger partial charge in [0, 0.05) is 41.4 Å². The van der Waals surface area contributed by atoms with Crippen LogP contribution >= 0.6 is 31.4 Å². The van der Waals surface area contributed by atoms with E-state index in [9.17, 15) is 48.9 Å². The minimum atomic E-state index is -1.65. The topological polar surface area (TPSA) is 332 Å². The summed E-state index contributed by atoms with van der Waals surface area (Å²) in [5, 5.41) is 50.5. The largest absolute Gasteiger partial charge is 0.394 e. The maximum Gasteiger partial charge on any atom is 0.245 e. The van der Waals surface area contributed by atoms with E-state index >= 15 is 0 Å². The SMILES string of the molecule is C[C@@H](O)[C@@H]1NC(=O)[C@H](CCCCN)NC(=O)[C@@H](Cc2c[nH]c3ccccc23)NC(=O)[C@H](Cc2ccccc2)NC(=O)[C@@H](NC(=O)[C@H](N)Cc2ccccc2)CSSSC[C@@H](C(=O)N[C@H](CO)[C@@H](C)O)NC1=O. The van der Waals surface area contributed by atoms with Crippen LogP contribution in [0.5, 0.6) is 0 Å². The lowest BCUT2D eigenvalue weighted by atomic mass is 10.0. The van der Waals surface area contributed by atoms with Crippen molar-refractivity contribution in [2.45, 2.75) is 113 Å². The number of para-hydroxylation sites is 1. The van der Waals surface area contributed by atoms with Crippen LogP contribution < -0.4 is 48.7 Å². The minimum absolute atomic E-state index is 0.0317. The Labute approximate surface area is 429 Å². The van der Waals surface area contributed by atoms with Crippen molar-refractivity contribution < 1.29 is 48.9 Å². The first-order chi connectivity index (χ1) is 34.6. The minimum Gasteiger partial charge on any atom is -0.394 e. The Kier molecular flexibility index (Phi) is 23.2. The highest BCUT2D eigenvalue weighted by atomic mass is 33.5. The van der Waals surface area contributed by atoms with Crippen molar-refractivity contribution in [2.75, 3.05) is 24.7 Å². The van der Waals surface area contributed by atoms with Gasteiger partial charge in [-0.2, -0.15) is 0 Å². The van der Waals surface area contributed by atoms with Crippen molar-refractivity contribution >= 4 is 83.7 Å². The predicted octanol–water partition coefficient (Wildman–Crippen LogP) is -0.157. The van der Waals surface area contributed by atoms with Crippen LogP contribution in [-0.4, -0.2) is 147 Å². The summed E-state index contributed by atoms with van der Waals surface area (Å²) in [5.41, 5.74) is 15.0. The number of rotatable bonds is 17. The third-order valence-electron chi connectivity index (χ3n) is 11.9. The number of amides is 7. The average Bonchev–Trinajstić information content (AvgIpc) is 3.77. The van der Waals surface area contributed by atoms with Crippen LogP contribution in [0.25, 0.3) is 10.9 Å².